The first kappa shape index (κ1) is 46.9. The summed E-state index contributed by atoms with van der Waals surface area (Å²) in [4.78, 5) is 12.1. The van der Waals surface area contributed by atoms with E-state index in [0.29, 0.717) is 31.3 Å². The van der Waals surface area contributed by atoms with Gasteiger partial charge in [0.25, 0.3) is 0 Å². The first-order chi connectivity index (χ1) is 25.2. The first-order valence-corrected chi connectivity index (χ1v) is 22.0. The van der Waals surface area contributed by atoms with Gasteiger partial charge in [0, 0.05) is 18.2 Å². The minimum Gasteiger partial charge on any atom is -0.493 e. The van der Waals surface area contributed by atoms with E-state index < -0.39 is 5.97 Å². The molecule has 0 saturated heterocycles. The Morgan fingerprint density at radius 2 is 0.745 bits per heavy atom. The zero-order valence-corrected chi connectivity index (χ0v) is 34.2. The van der Waals surface area contributed by atoms with Crippen molar-refractivity contribution in [1.29, 1.82) is 0 Å². The maximum absolute atomic E-state index is 12.1. The van der Waals surface area contributed by atoms with Gasteiger partial charge in [0.15, 0.2) is 0 Å². The number of carbonyl (C=O) groups excluding carboxylic acids is 1. The van der Waals surface area contributed by atoms with Gasteiger partial charge >= 0.3 is 5.97 Å². The summed E-state index contributed by atoms with van der Waals surface area (Å²) < 4.78 is 24.0. The summed E-state index contributed by atoms with van der Waals surface area (Å²) in [6.45, 7) is 8.78. The quantitative estimate of drug-likeness (QED) is 0.0388. The van der Waals surface area contributed by atoms with Crippen molar-refractivity contribution in [3.05, 3.63) is 23.8 Å². The number of methoxy groups -OCH3 is 1. The fourth-order valence-corrected chi connectivity index (χ4v) is 6.61. The standard InChI is InChI=1S/C46H82O5/c1-5-8-11-14-17-20-23-26-29-32-37-49-42-40-44(50-38-33-30-27-24-21-18-15-12-9-6-2)43(35-36-46(47)48-4)45(41-42)51-39-34-31-28-25-22-19-16-13-10-7-3/h35-36,40-41H,5-34,37-39H2,1-4H3. The Kier molecular flexibility index (Phi) is 33.3. The third-order valence-electron chi connectivity index (χ3n) is 9.94. The number of ether oxygens (including phenoxy) is 4. The smallest absolute Gasteiger partial charge is 0.330 e. The molecule has 1 rings (SSSR count). The summed E-state index contributed by atoms with van der Waals surface area (Å²) in [6.07, 6.45) is 42.0. The summed E-state index contributed by atoms with van der Waals surface area (Å²) in [6, 6.07) is 3.97. The van der Waals surface area contributed by atoms with E-state index in [1.165, 1.54) is 187 Å². The van der Waals surface area contributed by atoms with Gasteiger partial charge in [-0.15, -0.1) is 0 Å². The molecule has 0 aliphatic heterocycles. The monoisotopic (exact) mass is 715 g/mol. The molecular weight excluding hydrogens is 633 g/mol. The Morgan fingerprint density at radius 1 is 0.451 bits per heavy atom. The first-order valence-electron chi connectivity index (χ1n) is 22.0. The molecule has 5 nitrogen and oxygen atoms in total. The van der Waals surface area contributed by atoms with Crippen LogP contribution in [0.25, 0.3) is 6.08 Å². The minimum absolute atomic E-state index is 0.391. The Bertz CT molecular complexity index is 895. The van der Waals surface area contributed by atoms with Gasteiger partial charge < -0.3 is 18.9 Å². The minimum atomic E-state index is -0.391. The predicted octanol–water partition coefficient (Wildman–Crippen LogP) is 14.8. The van der Waals surface area contributed by atoms with Crippen molar-refractivity contribution in [3.63, 3.8) is 0 Å². The predicted molar refractivity (Wildman–Crippen MR) is 220 cm³/mol. The molecule has 0 bridgehead atoms. The van der Waals surface area contributed by atoms with Crippen LogP contribution in [0.1, 0.15) is 219 Å². The van der Waals surface area contributed by atoms with Crippen molar-refractivity contribution < 1.29 is 23.7 Å². The van der Waals surface area contributed by atoms with Crippen LogP contribution in [0.3, 0.4) is 0 Å². The lowest BCUT2D eigenvalue weighted by Crippen LogP contribution is -2.05. The zero-order valence-electron chi connectivity index (χ0n) is 34.2. The van der Waals surface area contributed by atoms with Crippen LogP contribution in [0.2, 0.25) is 0 Å². The molecule has 0 aliphatic carbocycles. The van der Waals surface area contributed by atoms with Crippen molar-refractivity contribution in [2.45, 2.75) is 213 Å². The highest BCUT2D eigenvalue weighted by atomic mass is 16.5. The van der Waals surface area contributed by atoms with E-state index >= 15 is 0 Å². The molecule has 0 N–H and O–H groups in total. The number of rotatable bonds is 38. The normalized spacial score (nSPS) is 11.4. The van der Waals surface area contributed by atoms with Crippen molar-refractivity contribution in [1.82, 2.24) is 0 Å². The summed E-state index contributed by atoms with van der Waals surface area (Å²) in [5, 5.41) is 0. The third-order valence-corrected chi connectivity index (χ3v) is 9.94. The second kappa shape index (κ2) is 36.2. The Labute approximate surface area is 316 Å². The molecule has 0 spiro atoms. The van der Waals surface area contributed by atoms with Gasteiger partial charge in [-0.05, 0) is 25.3 Å². The number of benzene rings is 1. The van der Waals surface area contributed by atoms with Crippen molar-refractivity contribution >= 4 is 12.0 Å². The van der Waals surface area contributed by atoms with E-state index in [2.05, 4.69) is 20.8 Å². The molecule has 0 atom stereocenters. The van der Waals surface area contributed by atoms with Crippen LogP contribution in [0.4, 0.5) is 0 Å². The Morgan fingerprint density at radius 3 is 1.06 bits per heavy atom. The van der Waals surface area contributed by atoms with Crippen LogP contribution in [-0.2, 0) is 9.53 Å². The van der Waals surface area contributed by atoms with Gasteiger partial charge in [0.1, 0.15) is 17.2 Å². The summed E-state index contributed by atoms with van der Waals surface area (Å²) in [5.41, 5.74) is 0.783. The second-order valence-electron chi connectivity index (χ2n) is 14.8. The average Bonchev–Trinajstić information content (AvgIpc) is 3.14. The van der Waals surface area contributed by atoms with Gasteiger partial charge in [-0.1, -0.05) is 194 Å². The highest BCUT2D eigenvalue weighted by molar-refractivity contribution is 5.88. The highest BCUT2D eigenvalue weighted by Crippen LogP contribution is 2.36. The lowest BCUT2D eigenvalue weighted by atomic mass is 10.1. The molecule has 1 aromatic rings. The van der Waals surface area contributed by atoms with E-state index in [1.807, 2.05) is 12.1 Å². The Hall–Kier alpha value is -2.17. The number of unbranched alkanes of at least 4 members (excludes halogenated alkanes) is 27. The molecule has 0 amide bonds. The third kappa shape index (κ3) is 28.1. The van der Waals surface area contributed by atoms with Crippen LogP contribution < -0.4 is 14.2 Å². The average molecular weight is 715 g/mol. The van der Waals surface area contributed by atoms with Gasteiger partial charge in [0.2, 0.25) is 0 Å². The van der Waals surface area contributed by atoms with E-state index in [9.17, 15) is 4.79 Å². The zero-order chi connectivity index (χ0) is 36.9. The lowest BCUT2D eigenvalue weighted by molar-refractivity contribution is -0.134. The molecule has 0 aromatic heterocycles. The van der Waals surface area contributed by atoms with Gasteiger partial charge in [-0.3, -0.25) is 0 Å². The maximum atomic E-state index is 12.1. The van der Waals surface area contributed by atoms with E-state index in [1.54, 1.807) is 6.08 Å². The fraction of sp³-hybridized carbons (Fsp3) is 0.804. The lowest BCUT2D eigenvalue weighted by Gasteiger charge is -2.17. The summed E-state index contributed by atoms with van der Waals surface area (Å²) in [5.74, 6) is 1.81. The molecule has 0 saturated carbocycles. The van der Waals surface area contributed by atoms with Crippen LogP contribution in [0.15, 0.2) is 18.2 Å². The molecule has 0 fully saturated rings. The van der Waals surface area contributed by atoms with Gasteiger partial charge in [0.05, 0.1) is 32.5 Å². The molecular formula is C46H82O5. The highest BCUT2D eigenvalue weighted by Gasteiger charge is 2.14. The van der Waals surface area contributed by atoms with Gasteiger partial charge in [-0.2, -0.15) is 0 Å². The van der Waals surface area contributed by atoms with Crippen LogP contribution >= 0.6 is 0 Å². The summed E-state index contributed by atoms with van der Waals surface area (Å²) >= 11 is 0. The largest absolute Gasteiger partial charge is 0.493 e. The van der Waals surface area contributed by atoms with Gasteiger partial charge in [-0.25, -0.2) is 4.79 Å². The maximum Gasteiger partial charge on any atom is 0.330 e. The summed E-state index contributed by atoms with van der Waals surface area (Å²) in [7, 11) is 1.41. The van der Waals surface area contributed by atoms with E-state index in [-0.39, 0.29) is 0 Å². The molecule has 0 heterocycles. The molecule has 5 heteroatoms. The molecule has 51 heavy (non-hydrogen) atoms. The fourth-order valence-electron chi connectivity index (χ4n) is 6.61. The van der Waals surface area contributed by atoms with Crippen molar-refractivity contribution in [3.8, 4) is 17.2 Å². The molecule has 1 aromatic carbocycles. The van der Waals surface area contributed by atoms with E-state index in [0.717, 1.165) is 30.6 Å². The SMILES string of the molecule is CCCCCCCCCCCCOc1cc(OCCCCCCCCCCCC)c(C=CC(=O)OC)c(OCCCCCCCCCCCC)c1. The van der Waals surface area contributed by atoms with Crippen molar-refractivity contribution in [2.75, 3.05) is 26.9 Å². The number of hydrogen-bond acceptors (Lipinski definition) is 5. The second-order valence-corrected chi connectivity index (χ2v) is 14.8. The van der Waals surface area contributed by atoms with Crippen LogP contribution in [0, 0.1) is 0 Å². The molecule has 0 unspecified atom stereocenters. The molecule has 0 radical (unpaired) electrons. The van der Waals surface area contributed by atoms with Crippen molar-refractivity contribution in [2.24, 2.45) is 0 Å². The number of esters is 1. The van der Waals surface area contributed by atoms with Crippen LogP contribution in [-0.4, -0.2) is 32.9 Å². The topological polar surface area (TPSA) is 54.0 Å². The molecule has 296 valence electrons. The van der Waals surface area contributed by atoms with Crippen LogP contribution in [0.5, 0.6) is 17.2 Å². The Balaban J connectivity index is 2.75. The molecule has 0 aliphatic rings. The number of hydrogen-bond donors (Lipinski definition) is 0. The van der Waals surface area contributed by atoms with E-state index in [4.69, 9.17) is 18.9 Å². The number of carbonyl (C=O) groups is 1.